The van der Waals surface area contributed by atoms with Crippen LogP contribution >= 0.6 is 0 Å². The van der Waals surface area contributed by atoms with E-state index in [-0.39, 0.29) is 17.9 Å². The number of carbonyl (C=O) groups excluding carboxylic acids is 2. The molecule has 0 aromatic rings. The predicted octanol–water partition coefficient (Wildman–Crippen LogP) is 2.09. The zero-order chi connectivity index (χ0) is 10.8. The third-order valence-electron chi connectivity index (χ3n) is 2.38. The first-order valence-corrected chi connectivity index (χ1v) is 5.12. The first kappa shape index (κ1) is 11.2. The molecular weight excluding hydrogens is 180 g/mol. The third-order valence-corrected chi connectivity index (χ3v) is 2.38. The Hall–Kier alpha value is -0.860. The number of rotatable bonds is 1. The van der Waals surface area contributed by atoms with Gasteiger partial charge < -0.3 is 4.74 Å². The summed E-state index contributed by atoms with van der Waals surface area (Å²) in [6, 6.07) is 0. The molecule has 0 aromatic heterocycles. The van der Waals surface area contributed by atoms with Crippen LogP contribution in [0.15, 0.2) is 0 Å². The van der Waals surface area contributed by atoms with Crippen molar-refractivity contribution in [3.8, 4) is 0 Å². The molecule has 3 heteroatoms. The first-order valence-electron chi connectivity index (χ1n) is 5.12. The SMILES string of the molecule is CC(C)(C)C(=O)OC1CCC(=O)CC1. The lowest BCUT2D eigenvalue weighted by atomic mass is 9.94. The number of ketones is 1. The Morgan fingerprint density at radius 3 is 2.21 bits per heavy atom. The average Bonchev–Trinajstić information content (AvgIpc) is 2.07. The minimum Gasteiger partial charge on any atom is -0.462 e. The van der Waals surface area contributed by atoms with E-state index < -0.39 is 5.41 Å². The highest BCUT2D eigenvalue weighted by Gasteiger charge is 2.28. The molecule has 0 bridgehead atoms. The zero-order valence-electron chi connectivity index (χ0n) is 9.13. The van der Waals surface area contributed by atoms with Gasteiger partial charge in [0.1, 0.15) is 11.9 Å². The van der Waals surface area contributed by atoms with Crippen LogP contribution in [0.3, 0.4) is 0 Å². The van der Waals surface area contributed by atoms with Crippen molar-refractivity contribution in [3.05, 3.63) is 0 Å². The topological polar surface area (TPSA) is 43.4 Å². The molecule has 14 heavy (non-hydrogen) atoms. The van der Waals surface area contributed by atoms with Gasteiger partial charge in [-0.2, -0.15) is 0 Å². The number of carbonyl (C=O) groups is 2. The Balaban J connectivity index is 2.38. The van der Waals surface area contributed by atoms with Crippen LogP contribution in [-0.4, -0.2) is 17.9 Å². The lowest BCUT2D eigenvalue weighted by Gasteiger charge is -2.25. The predicted molar refractivity (Wildman–Crippen MR) is 52.8 cm³/mol. The van der Waals surface area contributed by atoms with Crippen molar-refractivity contribution in [1.82, 2.24) is 0 Å². The largest absolute Gasteiger partial charge is 0.462 e. The third kappa shape index (κ3) is 3.13. The average molecular weight is 198 g/mol. The van der Waals surface area contributed by atoms with Gasteiger partial charge in [-0.05, 0) is 33.6 Å². The van der Waals surface area contributed by atoms with Crippen LogP contribution in [0.4, 0.5) is 0 Å². The Morgan fingerprint density at radius 1 is 1.29 bits per heavy atom. The van der Waals surface area contributed by atoms with Gasteiger partial charge in [-0.1, -0.05) is 0 Å². The Bertz CT molecular complexity index is 227. The van der Waals surface area contributed by atoms with Gasteiger partial charge in [0.15, 0.2) is 0 Å². The van der Waals surface area contributed by atoms with Crippen molar-refractivity contribution in [1.29, 1.82) is 0 Å². The molecule has 0 spiro atoms. The van der Waals surface area contributed by atoms with Crippen LogP contribution in [0.25, 0.3) is 0 Å². The van der Waals surface area contributed by atoms with Crippen LogP contribution in [0.5, 0.6) is 0 Å². The van der Waals surface area contributed by atoms with E-state index >= 15 is 0 Å². The molecule has 0 aliphatic heterocycles. The first-order chi connectivity index (χ1) is 6.39. The molecule has 0 atom stereocenters. The quantitative estimate of drug-likeness (QED) is 0.606. The summed E-state index contributed by atoms with van der Waals surface area (Å²) >= 11 is 0. The van der Waals surface area contributed by atoms with Crippen LogP contribution in [-0.2, 0) is 14.3 Å². The number of esters is 1. The minimum absolute atomic E-state index is 0.0422. The fourth-order valence-electron chi connectivity index (χ4n) is 1.36. The number of hydrogen-bond donors (Lipinski definition) is 0. The van der Waals surface area contributed by atoms with Gasteiger partial charge in [0, 0.05) is 12.8 Å². The van der Waals surface area contributed by atoms with Gasteiger partial charge in [0.25, 0.3) is 0 Å². The molecule has 0 N–H and O–H groups in total. The van der Waals surface area contributed by atoms with Crippen molar-refractivity contribution in [3.63, 3.8) is 0 Å². The van der Waals surface area contributed by atoms with Gasteiger partial charge in [0.05, 0.1) is 5.41 Å². The maximum absolute atomic E-state index is 11.5. The molecule has 1 saturated carbocycles. The molecule has 1 aliphatic rings. The lowest BCUT2D eigenvalue weighted by Crippen LogP contribution is -2.30. The smallest absolute Gasteiger partial charge is 0.311 e. The van der Waals surface area contributed by atoms with Crippen molar-refractivity contribution in [2.75, 3.05) is 0 Å². The van der Waals surface area contributed by atoms with Gasteiger partial charge in [-0.3, -0.25) is 9.59 Å². The Labute approximate surface area is 84.8 Å². The fourth-order valence-corrected chi connectivity index (χ4v) is 1.36. The highest BCUT2D eigenvalue weighted by atomic mass is 16.5. The van der Waals surface area contributed by atoms with Crippen LogP contribution in [0.1, 0.15) is 46.5 Å². The summed E-state index contributed by atoms with van der Waals surface area (Å²) in [5.41, 5.74) is -0.443. The highest BCUT2D eigenvalue weighted by Crippen LogP contribution is 2.22. The normalized spacial score (nSPS) is 19.5. The molecule has 1 aliphatic carbocycles. The number of Topliss-reactive ketones (excluding diaryl/α,β-unsaturated/α-hetero) is 1. The molecule has 0 unspecified atom stereocenters. The van der Waals surface area contributed by atoms with Gasteiger partial charge in [0.2, 0.25) is 0 Å². The van der Waals surface area contributed by atoms with E-state index in [0.29, 0.717) is 25.7 Å². The maximum Gasteiger partial charge on any atom is 0.311 e. The molecular formula is C11H18O3. The van der Waals surface area contributed by atoms with Crippen molar-refractivity contribution < 1.29 is 14.3 Å². The second-order valence-corrected chi connectivity index (χ2v) is 4.89. The summed E-state index contributed by atoms with van der Waals surface area (Å²) < 4.78 is 5.31. The summed E-state index contributed by atoms with van der Waals surface area (Å²) in [6.07, 6.45) is 2.46. The molecule has 0 amide bonds. The molecule has 0 radical (unpaired) electrons. The summed E-state index contributed by atoms with van der Waals surface area (Å²) in [5, 5.41) is 0. The van der Waals surface area contributed by atoms with E-state index in [9.17, 15) is 9.59 Å². The molecule has 0 saturated heterocycles. The molecule has 1 rings (SSSR count). The van der Waals surface area contributed by atoms with Crippen LogP contribution in [0.2, 0.25) is 0 Å². The van der Waals surface area contributed by atoms with Gasteiger partial charge in [-0.15, -0.1) is 0 Å². The standard InChI is InChI=1S/C11H18O3/c1-11(2,3)10(13)14-9-6-4-8(12)5-7-9/h9H,4-7H2,1-3H3. The summed E-state index contributed by atoms with van der Waals surface area (Å²) in [4.78, 5) is 22.5. The molecule has 0 heterocycles. The van der Waals surface area contributed by atoms with Crippen molar-refractivity contribution in [2.24, 2.45) is 5.41 Å². The van der Waals surface area contributed by atoms with Crippen molar-refractivity contribution in [2.45, 2.75) is 52.6 Å². The van der Waals surface area contributed by atoms with Crippen molar-refractivity contribution >= 4 is 11.8 Å². The lowest BCUT2D eigenvalue weighted by molar-refractivity contribution is -0.161. The summed E-state index contributed by atoms with van der Waals surface area (Å²) in [7, 11) is 0. The van der Waals surface area contributed by atoms with E-state index in [1.54, 1.807) is 0 Å². The molecule has 80 valence electrons. The summed E-state index contributed by atoms with van der Waals surface area (Å²) in [5.74, 6) is 0.116. The zero-order valence-corrected chi connectivity index (χ0v) is 9.13. The van der Waals surface area contributed by atoms with E-state index in [1.807, 2.05) is 20.8 Å². The van der Waals surface area contributed by atoms with E-state index in [4.69, 9.17) is 4.74 Å². The monoisotopic (exact) mass is 198 g/mol. The summed E-state index contributed by atoms with van der Waals surface area (Å²) in [6.45, 7) is 5.51. The maximum atomic E-state index is 11.5. The molecule has 0 aromatic carbocycles. The van der Waals surface area contributed by atoms with Crippen LogP contribution in [0, 0.1) is 5.41 Å². The van der Waals surface area contributed by atoms with Crippen LogP contribution < -0.4 is 0 Å². The Morgan fingerprint density at radius 2 is 1.79 bits per heavy atom. The van der Waals surface area contributed by atoms with Gasteiger partial charge in [-0.25, -0.2) is 0 Å². The second-order valence-electron chi connectivity index (χ2n) is 4.89. The van der Waals surface area contributed by atoms with E-state index in [0.717, 1.165) is 0 Å². The van der Waals surface area contributed by atoms with Gasteiger partial charge >= 0.3 is 5.97 Å². The molecule has 1 fully saturated rings. The Kier molecular flexibility index (Phi) is 3.29. The second kappa shape index (κ2) is 4.11. The number of hydrogen-bond acceptors (Lipinski definition) is 3. The fraction of sp³-hybridized carbons (Fsp3) is 0.818. The number of ether oxygens (including phenoxy) is 1. The highest BCUT2D eigenvalue weighted by molar-refractivity contribution is 5.79. The minimum atomic E-state index is -0.443. The van der Waals surface area contributed by atoms with E-state index in [1.165, 1.54) is 0 Å². The molecule has 3 nitrogen and oxygen atoms in total. The van der Waals surface area contributed by atoms with E-state index in [2.05, 4.69) is 0 Å².